The lowest BCUT2D eigenvalue weighted by Crippen LogP contribution is -2.61. The molecule has 3 aromatic rings. The molecule has 33 heavy (non-hydrogen) atoms. The number of aromatic amines is 1. The number of H-pyrrole nitrogens is 1. The number of fused-ring (bicyclic) bond motifs is 1. The van der Waals surface area contributed by atoms with Crippen LogP contribution in [0.5, 0.6) is 11.5 Å². The van der Waals surface area contributed by atoms with Crippen LogP contribution in [0.1, 0.15) is 25.7 Å². The van der Waals surface area contributed by atoms with Gasteiger partial charge in [-0.3, -0.25) is 14.6 Å². The Morgan fingerprint density at radius 2 is 2.00 bits per heavy atom. The van der Waals surface area contributed by atoms with Gasteiger partial charge in [0.2, 0.25) is 5.91 Å². The first kappa shape index (κ1) is 21.1. The van der Waals surface area contributed by atoms with Crippen LogP contribution in [0.4, 0.5) is 5.69 Å². The van der Waals surface area contributed by atoms with Crippen molar-refractivity contribution in [3.05, 3.63) is 53.0 Å². The SMILES string of the molecule is O=C(CC1CCCC12CN(C(=O)COc1ccc(O)cc1)C2)Nc1ccc2oc(=O)[nH]c2c1. The van der Waals surface area contributed by atoms with E-state index in [2.05, 4.69) is 10.3 Å². The molecule has 1 aliphatic carbocycles. The van der Waals surface area contributed by atoms with E-state index < -0.39 is 5.76 Å². The summed E-state index contributed by atoms with van der Waals surface area (Å²) in [5, 5.41) is 12.2. The fourth-order valence-corrected chi connectivity index (χ4v) is 5.08. The number of nitrogens with zero attached hydrogens (tertiary/aromatic N) is 1. The van der Waals surface area contributed by atoms with Crippen molar-refractivity contribution in [1.29, 1.82) is 0 Å². The normalized spacial score (nSPS) is 18.9. The molecule has 2 heterocycles. The van der Waals surface area contributed by atoms with Gasteiger partial charge in [0, 0.05) is 30.6 Å². The van der Waals surface area contributed by atoms with E-state index in [9.17, 15) is 19.5 Å². The minimum absolute atomic E-state index is 0.00864. The third-order valence-electron chi connectivity index (χ3n) is 6.79. The fourth-order valence-electron chi connectivity index (χ4n) is 5.08. The first-order chi connectivity index (χ1) is 15.9. The number of aromatic hydroxyl groups is 1. The standard InChI is InChI=1S/C24H25N3O6/c28-17-4-6-18(7-5-17)32-12-22(30)27-13-24(14-27)9-1-2-15(24)10-21(29)25-16-3-8-20-19(11-16)26-23(31)33-20/h3-8,11,15,28H,1-2,9-10,12-14H2,(H,25,29)(H,26,31). The van der Waals surface area contributed by atoms with Crippen LogP contribution in [-0.4, -0.2) is 46.5 Å². The largest absolute Gasteiger partial charge is 0.508 e. The van der Waals surface area contributed by atoms with Crippen LogP contribution in [0.15, 0.2) is 51.7 Å². The van der Waals surface area contributed by atoms with Crippen molar-refractivity contribution < 1.29 is 23.8 Å². The molecule has 0 bridgehead atoms. The summed E-state index contributed by atoms with van der Waals surface area (Å²) in [6.45, 7) is 1.24. The van der Waals surface area contributed by atoms with Crippen LogP contribution < -0.4 is 15.8 Å². The lowest BCUT2D eigenvalue weighted by Gasteiger charge is -2.51. The van der Waals surface area contributed by atoms with Gasteiger partial charge in [0.05, 0.1) is 5.52 Å². The summed E-state index contributed by atoms with van der Waals surface area (Å²) in [6.07, 6.45) is 3.42. The number of hydrogen-bond acceptors (Lipinski definition) is 6. The van der Waals surface area contributed by atoms with Crippen molar-refractivity contribution in [1.82, 2.24) is 9.88 Å². The van der Waals surface area contributed by atoms with Crippen molar-refractivity contribution >= 4 is 28.6 Å². The molecule has 9 heteroatoms. The second-order valence-corrected chi connectivity index (χ2v) is 8.96. The zero-order valence-corrected chi connectivity index (χ0v) is 18.0. The zero-order valence-electron chi connectivity index (χ0n) is 18.0. The predicted octanol–water partition coefficient (Wildman–Crippen LogP) is 2.86. The van der Waals surface area contributed by atoms with E-state index in [4.69, 9.17) is 9.15 Å². The number of oxazole rings is 1. The van der Waals surface area contributed by atoms with Crippen LogP contribution >= 0.6 is 0 Å². The van der Waals surface area contributed by atoms with E-state index in [1.165, 1.54) is 12.1 Å². The van der Waals surface area contributed by atoms with Crippen LogP contribution in [0.3, 0.4) is 0 Å². The predicted molar refractivity (Wildman–Crippen MR) is 120 cm³/mol. The number of likely N-dealkylation sites (tertiary alicyclic amines) is 1. The zero-order chi connectivity index (χ0) is 23.0. The van der Waals surface area contributed by atoms with Gasteiger partial charge in [0.1, 0.15) is 11.5 Å². The number of aromatic nitrogens is 1. The van der Waals surface area contributed by atoms with Crippen molar-refractivity contribution in [2.24, 2.45) is 11.3 Å². The maximum atomic E-state index is 12.7. The van der Waals surface area contributed by atoms with Crippen LogP contribution in [0, 0.1) is 11.3 Å². The molecule has 1 saturated carbocycles. The van der Waals surface area contributed by atoms with Gasteiger partial charge in [0.25, 0.3) is 5.91 Å². The van der Waals surface area contributed by atoms with Gasteiger partial charge in [-0.15, -0.1) is 0 Å². The third-order valence-corrected chi connectivity index (χ3v) is 6.79. The summed E-state index contributed by atoms with van der Waals surface area (Å²) >= 11 is 0. The number of anilines is 1. The molecule has 5 rings (SSSR count). The van der Waals surface area contributed by atoms with Crippen molar-refractivity contribution in [2.45, 2.75) is 25.7 Å². The number of benzene rings is 2. The molecule has 9 nitrogen and oxygen atoms in total. The number of carbonyl (C=O) groups excluding carboxylic acids is 2. The van der Waals surface area contributed by atoms with Crippen LogP contribution in [-0.2, 0) is 9.59 Å². The lowest BCUT2D eigenvalue weighted by molar-refractivity contribution is -0.148. The Morgan fingerprint density at radius 1 is 1.21 bits per heavy atom. The first-order valence-electron chi connectivity index (χ1n) is 11.0. The molecular weight excluding hydrogens is 426 g/mol. The summed E-state index contributed by atoms with van der Waals surface area (Å²) in [4.78, 5) is 40.9. The summed E-state index contributed by atoms with van der Waals surface area (Å²) in [5.41, 5.74) is 1.58. The van der Waals surface area contributed by atoms with E-state index in [1.54, 1.807) is 35.2 Å². The maximum Gasteiger partial charge on any atom is 0.417 e. The van der Waals surface area contributed by atoms with Gasteiger partial charge in [-0.2, -0.15) is 0 Å². The van der Waals surface area contributed by atoms with Gasteiger partial charge >= 0.3 is 5.76 Å². The van der Waals surface area contributed by atoms with Gasteiger partial charge < -0.3 is 24.5 Å². The lowest BCUT2D eigenvalue weighted by atomic mass is 9.70. The summed E-state index contributed by atoms with van der Waals surface area (Å²) in [5.74, 6) is 0.213. The monoisotopic (exact) mass is 451 g/mol. The highest BCUT2D eigenvalue weighted by atomic mass is 16.5. The van der Waals surface area contributed by atoms with E-state index in [1.807, 2.05) is 0 Å². The highest BCUT2D eigenvalue weighted by Crippen LogP contribution is 2.51. The Kier molecular flexibility index (Phi) is 5.32. The van der Waals surface area contributed by atoms with E-state index in [0.29, 0.717) is 42.0 Å². The van der Waals surface area contributed by atoms with Crippen molar-refractivity contribution in [3.8, 4) is 11.5 Å². The quantitative estimate of drug-likeness (QED) is 0.529. The molecule has 1 aliphatic heterocycles. The number of carbonyl (C=O) groups is 2. The van der Waals surface area contributed by atoms with E-state index in [0.717, 1.165) is 19.3 Å². The molecule has 2 amide bonds. The molecule has 3 N–H and O–H groups in total. The third kappa shape index (κ3) is 4.30. The molecule has 1 unspecified atom stereocenters. The molecule has 2 aliphatic rings. The Balaban J connectivity index is 1.14. The Labute approximate surface area is 189 Å². The van der Waals surface area contributed by atoms with Gasteiger partial charge in [-0.1, -0.05) is 6.42 Å². The van der Waals surface area contributed by atoms with Gasteiger partial charge in [-0.05, 0) is 61.2 Å². The van der Waals surface area contributed by atoms with E-state index in [-0.39, 0.29) is 35.5 Å². The number of ether oxygens (including phenoxy) is 1. The van der Waals surface area contributed by atoms with Crippen LogP contribution in [0.25, 0.3) is 11.1 Å². The molecule has 172 valence electrons. The average Bonchev–Trinajstić information content (AvgIpc) is 3.34. The smallest absolute Gasteiger partial charge is 0.417 e. The highest BCUT2D eigenvalue weighted by molar-refractivity contribution is 5.93. The minimum atomic E-state index is -0.529. The molecule has 2 fully saturated rings. The minimum Gasteiger partial charge on any atom is -0.508 e. The molecule has 0 radical (unpaired) electrons. The molecule has 1 atom stereocenters. The maximum absolute atomic E-state index is 12.7. The number of phenols is 1. The number of nitrogens with one attached hydrogen (secondary N) is 2. The van der Waals surface area contributed by atoms with E-state index >= 15 is 0 Å². The topological polar surface area (TPSA) is 125 Å². The summed E-state index contributed by atoms with van der Waals surface area (Å²) < 4.78 is 10.5. The van der Waals surface area contributed by atoms with Crippen molar-refractivity contribution in [3.63, 3.8) is 0 Å². The second-order valence-electron chi connectivity index (χ2n) is 8.96. The molecule has 2 aromatic carbocycles. The number of amides is 2. The Morgan fingerprint density at radius 3 is 2.79 bits per heavy atom. The summed E-state index contributed by atoms with van der Waals surface area (Å²) in [6, 6.07) is 11.3. The molecule has 1 saturated heterocycles. The first-order valence-corrected chi connectivity index (χ1v) is 11.0. The van der Waals surface area contributed by atoms with Crippen LogP contribution in [0.2, 0.25) is 0 Å². The number of phenolic OH excluding ortho intramolecular Hbond substituents is 1. The Bertz CT molecular complexity index is 1240. The second kappa shape index (κ2) is 8.31. The molecule has 1 spiro atoms. The average molecular weight is 451 g/mol. The number of rotatable bonds is 6. The number of hydrogen-bond donors (Lipinski definition) is 3. The summed E-state index contributed by atoms with van der Waals surface area (Å²) in [7, 11) is 0. The molecule has 1 aromatic heterocycles. The fraction of sp³-hybridized carbons (Fsp3) is 0.375. The Hall–Kier alpha value is -3.75. The molecular formula is C24H25N3O6. The highest BCUT2D eigenvalue weighted by Gasteiger charge is 2.52. The van der Waals surface area contributed by atoms with Gasteiger partial charge in [0.15, 0.2) is 12.2 Å². The van der Waals surface area contributed by atoms with Gasteiger partial charge in [-0.25, -0.2) is 4.79 Å². The van der Waals surface area contributed by atoms with Crippen molar-refractivity contribution in [2.75, 3.05) is 25.0 Å².